The van der Waals surface area contributed by atoms with Crippen LogP contribution < -0.4 is 0 Å². The number of nitrogens with zero attached hydrogens (tertiary/aromatic N) is 2. The molecule has 0 aliphatic carbocycles. The van der Waals surface area contributed by atoms with E-state index in [0.29, 0.717) is 5.92 Å². The molecule has 0 spiro atoms. The largest absolute Gasteiger partial charge is 0.481 e. The Kier molecular flexibility index (Phi) is 5.15. The molecule has 0 aliphatic heterocycles. The SMILES string of the molecule is CC(C)c1ccc(S(=O)(=O)Cc2noc(CCC(=O)O)n2)cc1. The highest BCUT2D eigenvalue weighted by Gasteiger charge is 2.19. The molecule has 0 aliphatic rings. The molecule has 2 aromatic rings. The number of hydrogen-bond acceptors (Lipinski definition) is 6. The summed E-state index contributed by atoms with van der Waals surface area (Å²) >= 11 is 0. The van der Waals surface area contributed by atoms with Gasteiger partial charge in [0.15, 0.2) is 15.7 Å². The summed E-state index contributed by atoms with van der Waals surface area (Å²) in [4.78, 5) is 14.6. The summed E-state index contributed by atoms with van der Waals surface area (Å²) < 4.78 is 29.5. The number of hydrogen-bond donors (Lipinski definition) is 1. The van der Waals surface area contributed by atoms with E-state index in [1.165, 1.54) is 0 Å². The lowest BCUT2D eigenvalue weighted by atomic mass is 10.0. The van der Waals surface area contributed by atoms with Crippen LogP contribution in [-0.4, -0.2) is 29.6 Å². The molecule has 0 radical (unpaired) electrons. The predicted octanol–water partition coefficient (Wildman–Crippen LogP) is 2.18. The molecule has 1 aromatic heterocycles. The minimum absolute atomic E-state index is 0.0262. The van der Waals surface area contributed by atoms with Gasteiger partial charge in [0, 0.05) is 6.42 Å². The second-order valence-corrected chi connectivity index (χ2v) is 7.47. The van der Waals surface area contributed by atoms with Crippen LogP contribution in [0.5, 0.6) is 0 Å². The van der Waals surface area contributed by atoms with Crippen molar-refractivity contribution in [1.29, 1.82) is 0 Å². The van der Waals surface area contributed by atoms with E-state index in [0.717, 1.165) is 5.56 Å². The summed E-state index contributed by atoms with van der Waals surface area (Å²) in [6.07, 6.45) is -0.0729. The van der Waals surface area contributed by atoms with Crippen LogP contribution in [0.25, 0.3) is 0 Å². The lowest BCUT2D eigenvalue weighted by Gasteiger charge is -2.06. The Bertz CT molecular complexity index is 778. The molecule has 7 nitrogen and oxygen atoms in total. The maximum Gasteiger partial charge on any atom is 0.303 e. The minimum atomic E-state index is -3.58. The molecule has 0 fully saturated rings. The van der Waals surface area contributed by atoms with Crippen LogP contribution in [0.2, 0.25) is 0 Å². The summed E-state index contributed by atoms with van der Waals surface area (Å²) in [6, 6.07) is 6.70. The molecule has 0 saturated carbocycles. The second kappa shape index (κ2) is 6.91. The Balaban J connectivity index is 2.10. The topological polar surface area (TPSA) is 110 Å². The number of benzene rings is 1. The number of aromatic nitrogens is 2. The summed E-state index contributed by atoms with van der Waals surface area (Å²) in [5, 5.41) is 12.2. The van der Waals surface area contributed by atoms with Gasteiger partial charge in [0.25, 0.3) is 0 Å². The fourth-order valence-corrected chi connectivity index (χ4v) is 3.15. The number of aliphatic carboxylic acids is 1. The van der Waals surface area contributed by atoms with Gasteiger partial charge in [0.05, 0.1) is 11.3 Å². The van der Waals surface area contributed by atoms with Gasteiger partial charge < -0.3 is 9.63 Å². The highest BCUT2D eigenvalue weighted by atomic mass is 32.2. The molecule has 0 atom stereocenters. The van der Waals surface area contributed by atoms with Crippen molar-refractivity contribution in [3.63, 3.8) is 0 Å². The zero-order chi connectivity index (χ0) is 17.0. The van der Waals surface area contributed by atoms with Gasteiger partial charge in [-0.15, -0.1) is 0 Å². The summed E-state index contributed by atoms with van der Waals surface area (Å²) in [5.41, 5.74) is 1.06. The third-order valence-corrected chi connectivity index (χ3v) is 4.92. The van der Waals surface area contributed by atoms with Crippen LogP contribution in [0.15, 0.2) is 33.7 Å². The van der Waals surface area contributed by atoms with Gasteiger partial charge in [-0.1, -0.05) is 31.1 Å². The highest BCUT2D eigenvalue weighted by molar-refractivity contribution is 7.90. The van der Waals surface area contributed by atoms with E-state index in [1.54, 1.807) is 24.3 Å². The molecule has 1 aromatic carbocycles. The lowest BCUT2D eigenvalue weighted by molar-refractivity contribution is -0.137. The van der Waals surface area contributed by atoms with E-state index in [4.69, 9.17) is 9.63 Å². The van der Waals surface area contributed by atoms with E-state index in [-0.39, 0.29) is 35.2 Å². The lowest BCUT2D eigenvalue weighted by Crippen LogP contribution is -2.07. The van der Waals surface area contributed by atoms with Crippen molar-refractivity contribution in [2.24, 2.45) is 0 Å². The fraction of sp³-hybridized carbons (Fsp3) is 0.400. The van der Waals surface area contributed by atoms with E-state index in [1.807, 2.05) is 13.8 Å². The Morgan fingerprint density at radius 3 is 2.48 bits per heavy atom. The Hall–Kier alpha value is -2.22. The molecule has 1 heterocycles. The number of sulfone groups is 1. The van der Waals surface area contributed by atoms with Crippen LogP contribution >= 0.6 is 0 Å². The van der Waals surface area contributed by atoms with Gasteiger partial charge in [-0.05, 0) is 23.6 Å². The number of carbonyl (C=O) groups is 1. The maximum absolute atomic E-state index is 12.3. The van der Waals surface area contributed by atoms with Crippen molar-refractivity contribution in [3.05, 3.63) is 41.5 Å². The molecule has 0 unspecified atom stereocenters. The molecular formula is C15H18N2O5S. The third kappa shape index (κ3) is 4.62. The summed E-state index contributed by atoms with van der Waals surface area (Å²) in [7, 11) is -3.58. The molecular weight excluding hydrogens is 320 g/mol. The van der Waals surface area contributed by atoms with Crippen LogP contribution in [0.4, 0.5) is 0 Å². The van der Waals surface area contributed by atoms with Crippen LogP contribution in [-0.2, 0) is 26.8 Å². The van der Waals surface area contributed by atoms with Crippen molar-refractivity contribution in [1.82, 2.24) is 10.1 Å². The fourth-order valence-electron chi connectivity index (χ4n) is 1.98. The molecule has 23 heavy (non-hydrogen) atoms. The number of carboxylic acid groups (broad SMARTS) is 1. The maximum atomic E-state index is 12.3. The number of carboxylic acids is 1. The molecule has 124 valence electrons. The van der Waals surface area contributed by atoms with E-state index in [9.17, 15) is 13.2 Å². The third-order valence-electron chi connectivity index (χ3n) is 3.29. The average Bonchev–Trinajstić information content (AvgIpc) is 2.92. The van der Waals surface area contributed by atoms with Crippen molar-refractivity contribution in [2.45, 2.75) is 43.3 Å². The zero-order valence-corrected chi connectivity index (χ0v) is 13.7. The normalized spacial score (nSPS) is 11.8. The molecule has 8 heteroatoms. The van der Waals surface area contributed by atoms with Gasteiger partial charge in [-0.3, -0.25) is 4.79 Å². The minimum Gasteiger partial charge on any atom is -0.481 e. The molecule has 0 saturated heterocycles. The Morgan fingerprint density at radius 2 is 1.91 bits per heavy atom. The van der Waals surface area contributed by atoms with Crippen molar-refractivity contribution >= 4 is 15.8 Å². The number of rotatable bonds is 7. The zero-order valence-electron chi connectivity index (χ0n) is 12.9. The average molecular weight is 338 g/mol. The summed E-state index contributed by atoms with van der Waals surface area (Å²) in [5.74, 6) is -0.903. The second-order valence-electron chi connectivity index (χ2n) is 5.48. The van der Waals surface area contributed by atoms with Crippen molar-refractivity contribution < 1.29 is 22.8 Å². The van der Waals surface area contributed by atoms with Crippen LogP contribution in [0, 0.1) is 0 Å². The first kappa shape index (κ1) is 17.1. The van der Waals surface area contributed by atoms with E-state index in [2.05, 4.69) is 10.1 Å². The van der Waals surface area contributed by atoms with Gasteiger partial charge in [-0.2, -0.15) is 4.98 Å². The Morgan fingerprint density at radius 1 is 1.26 bits per heavy atom. The van der Waals surface area contributed by atoms with E-state index >= 15 is 0 Å². The smallest absolute Gasteiger partial charge is 0.303 e. The highest BCUT2D eigenvalue weighted by Crippen LogP contribution is 2.20. The molecule has 0 bridgehead atoms. The standard InChI is InChI=1S/C15H18N2O5S/c1-10(2)11-3-5-12(6-4-11)23(20,21)9-13-16-14(22-17-13)7-8-15(18)19/h3-6,10H,7-9H2,1-2H3,(H,18,19). The van der Waals surface area contributed by atoms with Gasteiger partial charge in [0.1, 0.15) is 5.75 Å². The first-order chi connectivity index (χ1) is 10.8. The van der Waals surface area contributed by atoms with Crippen LogP contribution in [0.1, 0.15) is 43.5 Å². The van der Waals surface area contributed by atoms with Gasteiger partial charge in [0.2, 0.25) is 5.89 Å². The monoisotopic (exact) mass is 338 g/mol. The molecule has 2 rings (SSSR count). The van der Waals surface area contributed by atoms with Crippen molar-refractivity contribution in [3.8, 4) is 0 Å². The van der Waals surface area contributed by atoms with Gasteiger partial charge in [-0.25, -0.2) is 8.42 Å². The quantitative estimate of drug-likeness (QED) is 0.823. The van der Waals surface area contributed by atoms with Gasteiger partial charge >= 0.3 is 5.97 Å². The van der Waals surface area contributed by atoms with Crippen LogP contribution in [0.3, 0.4) is 0 Å². The van der Waals surface area contributed by atoms with E-state index < -0.39 is 15.8 Å². The van der Waals surface area contributed by atoms with Crippen molar-refractivity contribution in [2.75, 3.05) is 0 Å². The molecule has 1 N–H and O–H groups in total. The number of aryl methyl sites for hydroxylation is 1. The first-order valence-corrected chi connectivity index (χ1v) is 8.79. The Labute approximate surface area is 134 Å². The first-order valence-electron chi connectivity index (χ1n) is 7.14. The predicted molar refractivity (Wildman–Crippen MR) is 81.7 cm³/mol. The molecule has 0 amide bonds. The summed E-state index contributed by atoms with van der Waals surface area (Å²) in [6.45, 7) is 4.06.